The van der Waals surface area contributed by atoms with Crippen molar-refractivity contribution < 1.29 is 9.13 Å². The number of guanidine groups is 1. The maximum Gasteiger partial charge on any atom is 0.191 e. The van der Waals surface area contributed by atoms with Crippen LogP contribution in [0.3, 0.4) is 0 Å². The van der Waals surface area contributed by atoms with Gasteiger partial charge in [-0.3, -0.25) is 0 Å². The number of aliphatic imine (C=N–C) groups is 1. The van der Waals surface area contributed by atoms with Crippen molar-refractivity contribution in [3.63, 3.8) is 0 Å². The maximum absolute atomic E-state index is 12.8. The molecule has 1 aromatic rings. The van der Waals surface area contributed by atoms with E-state index in [1.54, 1.807) is 12.1 Å². The van der Waals surface area contributed by atoms with E-state index in [0.29, 0.717) is 12.6 Å². The van der Waals surface area contributed by atoms with E-state index < -0.39 is 0 Å². The zero-order valence-electron chi connectivity index (χ0n) is 12.6. The summed E-state index contributed by atoms with van der Waals surface area (Å²) in [5.41, 5.74) is 0.993. The Hall–Kier alpha value is -1.62. The van der Waals surface area contributed by atoms with Gasteiger partial charge in [0.25, 0.3) is 0 Å². The van der Waals surface area contributed by atoms with Gasteiger partial charge in [-0.2, -0.15) is 0 Å². The summed E-state index contributed by atoms with van der Waals surface area (Å²) in [5.74, 6) is 0.573. The highest BCUT2D eigenvalue weighted by molar-refractivity contribution is 5.79. The van der Waals surface area contributed by atoms with Crippen LogP contribution >= 0.6 is 0 Å². The topological polar surface area (TPSA) is 45.7 Å². The van der Waals surface area contributed by atoms with Gasteiger partial charge < -0.3 is 15.4 Å². The first-order valence-corrected chi connectivity index (χ1v) is 7.66. The minimum Gasteiger partial charge on any atom is -0.378 e. The Morgan fingerprint density at radius 2 is 2.14 bits per heavy atom. The monoisotopic (exact) mass is 293 g/mol. The van der Waals surface area contributed by atoms with Gasteiger partial charge in [-0.1, -0.05) is 12.1 Å². The van der Waals surface area contributed by atoms with Crippen LogP contribution < -0.4 is 10.6 Å². The normalized spacial score (nSPS) is 18.8. The summed E-state index contributed by atoms with van der Waals surface area (Å²) in [6, 6.07) is 6.44. The predicted molar refractivity (Wildman–Crippen MR) is 82.8 cm³/mol. The molecule has 2 N–H and O–H groups in total. The van der Waals surface area contributed by atoms with Gasteiger partial charge in [-0.15, -0.1) is 0 Å². The van der Waals surface area contributed by atoms with Crippen LogP contribution in [0.5, 0.6) is 0 Å². The number of nitrogens with zero attached hydrogens (tertiary/aromatic N) is 1. The molecular formula is C16H24FN3O. The van der Waals surface area contributed by atoms with Crippen LogP contribution in [0.2, 0.25) is 0 Å². The third-order valence-corrected chi connectivity index (χ3v) is 3.46. The van der Waals surface area contributed by atoms with Gasteiger partial charge >= 0.3 is 0 Å². The molecule has 1 atom stereocenters. The van der Waals surface area contributed by atoms with Crippen LogP contribution in [-0.4, -0.2) is 31.8 Å². The number of hydrogen-bond acceptors (Lipinski definition) is 2. The highest BCUT2D eigenvalue weighted by Crippen LogP contribution is 2.14. The second kappa shape index (κ2) is 8.62. The predicted octanol–water partition coefficient (Wildman–Crippen LogP) is 2.45. The molecule has 1 heterocycles. The molecule has 0 saturated carbocycles. The molecule has 1 unspecified atom stereocenters. The molecule has 0 aliphatic carbocycles. The molecule has 1 fully saturated rings. The van der Waals surface area contributed by atoms with E-state index in [-0.39, 0.29) is 5.82 Å². The molecule has 116 valence electrons. The molecule has 0 radical (unpaired) electrons. The molecule has 2 rings (SSSR count). The molecule has 1 aromatic carbocycles. The SMILES string of the molecule is CCNC(=NCc1ccc(F)cc1)NCCC1CCCO1. The number of ether oxygens (including phenoxy) is 1. The van der Waals surface area contributed by atoms with Crippen LogP contribution in [0.25, 0.3) is 0 Å². The van der Waals surface area contributed by atoms with Crippen molar-refractivity contribution >= 4 is 5.96 Å². The van der Waals surface area contributed by atoms with Crippen molar-refractivity contribution in [1.29, 1.82) is 0 Å². The minimum atomic E-state index is -0.218. The van der Waals surface area contributed by atoms with Gasteiger partial charge in [0.2, 0.25) is 0 Å². The van der Waals surface area contributed by atoms with Gasteiger partial charge in [0.1, 0.15) is 5.82 Å². The molecular weight excluding hydrogens is 269 g/mol. The summed E-state index contributed by atoms with van der Waals surface area (Å²) < 4.78 is 18.4. The quantitative estimate of drug-likeness (QED) is 0.625. The van der Waals surface area contributed by atoms with Gasteiger partial charge in [0, 0.05) is 19.7 Å². The Balaban J connectivity index is 1.78. The van der Waals surface area contributed by atoms with Crippen LogP contribution in [0, 0.1) is 5.82 Å². The van der Waals surface area contributed by atoms with Crippen LogP contribution in [-0.2, 0) is 11.3 Å². The molecule has 1 aliphatic rings. The molecule has 5 heteroatoms. The van der Waals surface area contributed by atoms with Crippen LogP contribution in [0.15, 0.2) is 29.3 Å². The number of halogens is 1. The van der Waals surface area contributed by atoms with Crippen molar-refractivity contribution in [1.82, 2.24) is 10.6 Å². The summed E-state index contributed by atoms with van der Waals surface area (Å²) in [6.07, 6.45) is 3.72. The molecule has 0 bridgehead atoms. The third kappa shape index (κ3) is 5.71. The molecule has 21 heavy (non-hydrogen) atoms. The third-order valence-electron chi connectivity index (χ3n) is 3.46. The van der Waals surface area contributed by atoms with Gasteiger partial charge in [0.05, 0.1) is 12.6 Å². The first-order chi connectivity index (χ1) is 10.3. The molecule has 1 saturated heterocycles. The average Bonchev–Trinajstić information content (AvgIpc) is 3.00. The van der Waals surface area contributed by atoms with Gasteiger partial charge in [-0.05, 0) is 43.9 Å². The molecule has 0 amide bonds. The Labute approximate surface area is 125 Å². The lowest BCUT2D eigenvalue weighted by Crippen LogP contribution is -2.38. The summed E-state index contributed by atoms with van der Waals surface area (Å²) >= 11 is 0. The smallest absolute Gasteiger partial charge is 0.191 e. The second-order valence-corrected chi connectivity index (χ2v) is 5.17. The van der Waals surface area contributed by atoms with E-state index in [1.807, 2.05) is 6.92 Å². The summed E-state index contributed by atoms with van der Waals surface area (Å²) in [4.78, 5) is 4.51. The average molecular weight is 293 g/mol. The van der Waals surface area contributed by atoms with Gasteiger partial charge in [-0.25, -0.2) is 9.38 Å². The fourth-order valence-corrected chi connectivity index (χ4v) is 2.33. The van der Waals surface area contributed by atoms with Crippen molar-refractivity contribution in [2.45, 2.75) is 38.8 Å². The number of benzene rings is 1. The van der Waals surface area contributed by atoms with E-state index in [9.17, 15) is 4.39 Å². The van der Waals surface area contributed by atoms with E-state index in [2.05, 4.69) is 15.6 Å². The number of hydrogen-bond donors (Lipinski definition) is 2. The maximum atomic E-state index is 12.8. The van der Waals surface area contributed by atoms with E-state index >= 15 is 0 Å². The zero-order chi connectivity index (χ0) is 14.9. The lowest BCUT2D eigenvalue weighted by Gasteiger charge is -2.13. The number of rotatable bonds is 6. The Morgan fingerprint density at radius 3 is 2.81 bits per heavy atom. The standard InChI is InChI=1S/C16H24FN3O/c1-2-18-16(19-10-9-15-4-3-11-21-15)20-12-13-5-7-14(17)8-6-13/h5-8,15H,2-4,9-12H2,1H3,(H2,18,19,20). The first-order valence-electron chi connectivity index (χ1n) is 7.66. The molecule has 4 nitrogen and oxygen atoms in total. The largest absolute Gasteiger partial charge is 0.378 e. The van der Waals surface area contributed by atoms with E-state index in [1.165, 1.54) is 18.6 Å². The fourth-order valence-electron chi connectivity index (χ4n) is 2.33. The highest BCUT2D eigenvalue weighted by Gasteiger charge is 2.14. The van der Waals surface area contributed by atoms with Gasteiger partial charge in [0.15, 0.2) is 5.96 Å². The first kappa shape index (κ1) is 15.8. The Morgan fingerprint density at radius 1 is 1.33 bits per heavy atom. The summed E-state index contributed by atoms with van der Waals surface area (Å²) in [6.45, 7) is 5.13. The Kier molecular flexibility index (Phi) is 6.47. The lowest BCUT2D eigenvalue weighted by molar-refractivity contribution is 0.105. The van der Waals surface area contributed by atoms with E-state index in [0.717, 1.165) is 44.1 Å². The molecule has 0 aromatic heterocycles. The highest BCUT2D eigenvalue weighted by atomic mass is 19.1. The van der Waals surface area contributed by atoms with Crippen LogP contribution in [0.4, 0.5) is 4.39 Å². The lowest BCUT2D eigenvalue weighted by atomic mass is 10.2. The Bertz CT molecular complexity index is 441. The molecule has 1 aliphatic heterocycles. The minimum absolute atomic E-state index is 0.218. The zero-order valence-corrected chi connectivity index (χ0v) is 12.6. The summed E-state index contributed by atoms with van der Waals surface area (Å²) in [5, 5.41) is 6.53. The second-order valence-electron chi connectivity index (χ2n) is 5.17. The van der Waals surface area contributed by atoms with Crippen LogP contribution in [0.1, 0.15) is 31.7 Å². The van der Waals surface area contributed by atoms with Crippen molar-refractivity contribution in [2.24, 2.45) is 4.99 Å². The number of nitrogens with one attached hydrogen (secondary N) is 2. The van der Waals surface area contributed by atoms with Crippen molar-refractivity contribution in [2.75, 3.05) is 19.7 Å². The van der Waals surface area contributed by atoms with Crippen molar-refractivity contribution in [3.8, 4) is 0 Å². The van der Waals surface area contributed by atoms with Crippen molar-refractivity contribution in [3.05, 3.63) is 35.6 Å². The molecule has 0 spiro atoms. The summed E-state index contributed by atoms with van der Waals surface area (Å²) in [7, 11) is 0. The fraction of sp³-hybridized carbons (Fsp3) is 0.562. The van der Waals surface area contributed by atoms with E-state index in [4.69, 9.17) is 4.74 Å².